The third-order valence-corrected chi connectivity index (χ3v) is 4.79. The Balaban J connectivity index is 2.18. The Morgan fingerprint density at radius 1 is 1.00 bits per heavy atom. The fraction of sp³-hybridized carbons (Fsp3) is 0.250. The first kappa shape index (κ1) is 16.6. The van der Waals surface area contributed by atoms with Gasteiger partial charge >= 0.3 is 0 Å². The number of alkyl halides is 1. The molecule has 0 amide bonds. The van der Waals surface area contributed by atoms with E-state index in [9.17, 15) is 13.2 Å². The van der Waals surface area contributed by atoms with E-state index >= 15 is 0 Å². The van der Waals surface area contributed by atoms with Crippen LogP contribution in [0, 0.1) is 23.4 Å². The van der Waals surface area contributed by atoms with E-state index in [-0.39, 0.29) is 28.2 Å². The van der Waals surface area contributed by atoms with Gasteiger partial charge < -0.3 is 0 Å². The highest BCUT2D eigenvalue weighted by Gasteiger charge is 2.18. The molecule has 0 saturated carbocycles. The van der Waals surface area contributed by atoms with Crippen LogP contribution in [-0.2, 0) is 12.8 Å². The molecule has 0 aromatic heterocycles. The lowest BCUT2D eigenvalue weighted by Crippen LogP contribution is -2.12. The first-order valence-electron chi connectivity index (χ1n) is 6.44. The second-order valence-electron chi connectivity index (χ2n) is 4.88. The third-order valence-electron chi connectivity index (χ3n) is 3.26. The van der Waals surface area contributed by atoms with E-state index in [1.165, 1.54) is 24.3 Å². The van der Waals surface area contributed by atoms with Crippen LogP contribution in [0.3, 0.4) is 0 Å². The summed E-state index contributed by atoms with van der Waals surface area (Å²) in [6, 6.07) is 8.87. The zero-order chi connectivity index (χ0) is 15.4. The molecule has 0 aliphatic heterocycles. The molecule has 1 atom stereocenters. The van der Waals surface area contributed by atoms with Crippen molar-refractivity contribution < 1.29 is 13.2 Å². The predicted octanol–water partition coefficient (Wildman–Crippen LogP) is 5.66. The molecule has 2 aromatic carbocycles. The summed E-state index contributed by atoms with van der Waals surface area (Å²) in [5, 5.41) is 0.578. The molecule has 112 valence electrons. The van der Waals surface area contributed by atoms with Crippen molar-refractivity contribution in [3.05, 3.63) is 69.4 Å². The molecule has 2 rings (SSSR count). The van der Waals surface area contributed by atoms with Gasteiger partial charge in [-0.25, -0.2) is 13.2 Å². The van der Waals surface area contributed by atoms with E-state index in [1.54, 1.807) is 6.07 Å². The average Bonchev–Trinajstić information content (AvgIpc) is 2.46. The molecule has 0 saturated heterocycles. The Kier molecular flexibility index (Phi) is 5.88. The minimum Gasteiger partial charge on any atom is -0.207 e. The maximum atomic E-state index is 14.0. The fourth-order valence-electron chi connectivity index (χ4n) is 2.22. The number of hydrogen-bond acceptors (Lipinski definition) is 0. The van der Waals surface area contributed by atoms with Gasteiger partial charge in [0.15, 0.2) is 0 Å². The van der Waals surface area contributed by atoms with Crippen LogP contribution in [0.5, 0.6) is 0 Å². The van der Waals surface area contributed by atoms with Crippen LogP contribution in [0.25, 0.3) is 0 Å². The summed E-state index contributed by atoms with van der Waals surface area (Å²) < 4.78 is 41.2. The van der Waals surface area contributed by atoms with E-state index in [2.05, 4.69) is 31.9 Å². The Bertz CT molecular complexity index is 629. The number of benzene rings is 2. The Morgan fingerprint density at radius 2 is 1.76 bits per heavy atom. The summed E-state index contributed by atoms with van der Waals surface area (Å²) >= 11 is 6.43. The molecule has 0 nitrogen and oxygen atoms in total. The van der Waals surface area contributed by atoms with Crippen molar-refractivity contribution in [2.24, 2.45) is 5.92 Å². The third kappa shape index (κ3) is 4.33. The first-order valence-corrected chi connectivity index (χ1v) is 8.35. The zero-order valence-electron chi connectivity index (χ0n) is 11.1. The Morgan fingerprint density at radius 3 is 2.43 bits per heavy atom. The molecule has 0 bridgehead atoms. The number of halogens is 5. The van der Waals surface area contributed by atoms with Crippen molar-refractivity contribution in [1.29, 1.82) is 0 Å². The predicted molar refractivity (Wildman–Crippen MR) is 85.2 cm³/mol. The lowest BCUT2D eigenvalue weighted by molar-refractivity contribution is 0.507. The van der Waals surface area contributed by atoms with Gasteiger partial charge in [0.2, 0.25) is 0 Å². The van der Waals surface area contributed by atoms with E-state index in [0.717, 1.165) is 5.56 Å². The molecular weight excluding hydrogens is 409 g/mol. The van der Waals surface area contributed by atoms with Crippen LogP contribution in [-0.4, -0.2) is 5.33 Å². The van der Waals surface area contributed by atoms with Crippen LogP contribution >= 0.6 is 31.9 Å². The molecule has 0 spiro atoms. The van der Waals surface area contributed by atoms with Gasteiger partial charge in [0.25, 0.3) is 0 Å². The van der Waals surface area contributed by atoms with Gasteiger partial charge in [0, 0.05) is 10.9 Å². The van der Waals surface area contributed by atoms with Crippen LogP contribution < -0.4 is 0 Å². The highest BCUT2D eigenvalue weighted by molar-refractivity contribution is 9.10. The molecule has 0 fully saturated rings. The van der Waals surface area contributed by atoms with Gasteiger partial charge in [0.05, 0.1) is 4.47 Å². The number of rotatable bonds is 5. The van der Waals surface area contributed by atoms with Crippen molar-refractivity contribution in [2.75, 3.05) is 5.33 Å². The normalized spacial score (nSPS) is 12.4. The molecule has 1 unspecified atom stereocenters. The minimum absolute atomic E-state index is 0.0231. The lowest BCUT2D eigenvalue weighted by atomic mass is 9.93. The van der Waals surface area contributed by atoms with Crippen molar-refractivity contribution in [3.8, 4) is 0 Å². The van der Waals surface area contributed by atoms with Gasteiger partial charge in [0.1, 0.15) is 17.5 Å². The average molecular weight is 422 g/mol. The summed E-state index contributed by atoms with van der Waals surface area (Å²) in [4.78, 5) is 0. The summed E-state index contributed by atoms with van der Waals surface area (Å²) in [6.45, 7) is 0. The molecule has 0 aliphatic rings. The summed E-state index contributed by atoms with van der Waals surface area (Å²) in [6.07, 6.45) is 0.799. The summed E-state index contributed by atoms with van der Waals surface area (Å²) in [5.41, 5.74) is 0.875. The monoisotopic (exact) mass is 420 g/mol. The van der Waals surface area contributed by atoms with Gasteiger partial charge in [-0.05, 0) is 64.5 Å². The van der Waals surface area contributed by atoms with E-state index in [1.807, 2.05) is 6.07 Å². The topological polar surface area (TPSA) is 0 Å². The first-order chi connectivity index (χ1) is 10.0. The smallest absolute Gasteiger partial charge is 0.143 e. The summed E-state index contributed by atoms with van der Waals surface area (Å²) in [7, 11) is 0. The molecule has 5 heteroatoms. The maximum absolute atomic E-state index is 14.0. The van der Waals surface area contributed by atoms with Crippen molar-refractivity contribution in [2.45, 2.75) is 12.8 Å². The van der Waals surface area contributed by atoms with Gasteiger partial charge in [-0.15, -0.1) is 0 Å². The quantitative estimate of drug-likeness (QED) is 0.431. The Labute approximate surface area is 138 Å². The van der Waals surface area contributed by atoms with E-state index in [4.69, 9.17) is 0 Å². The molecule has 0 heterocycles. The van der Waals surface area contributed by atoms with Crippen molar-refractivity contribution in [3.63, 3.8) is 0 Å². The number of hydrogen-bond donors (Lipinski definition) is 0. The minimum atomic E-state index is -0.569. The van der Waals surface area contributed by atoms with Crippen LogP contribution in [0.15, 0.2) is 40.9 Å². The van der Waals surface area contributed by atoms with Crippen LogP contribution in [0.4, 0.5) is 13.2 Å². The van der Waals surface area contributed by atoms with Crippen molar-refractivity contribution >= 4 is 31.9 Å². The SMILES string of the molecule is Fc1cccc(CC(CBr)Cc2c(F)ccc(Br)c2F)c1. The zero-order valence-corrected chi connectivity index (χ0v) is 14.2. The summed E-state index contributed by atoms with van der Waals surface area (Å²) in [5.74, 6) is -1.45. The second kappa shape index (κ2) is 7.45. The Hall–Kier alpha value is -0.810. The largest absolute Gasteiger partial charge is 0.207 e. The molecule has 0 aliphatic carbocycles. The van der Waals surface area contributed by atoms with E-state index in [0.29, 0.717) is 11.8 Å². The fourth-order valence-corrected chi connectivity index (χ4v) is 3.05. The van der Waals surface area contributed by atoms with Gasteiger partial charge in [-0.3, -0.25) is 0 Å². The highest BCUT2D eigenvalue weighted by atomic mass is 79.9. The maximum Gasteiger partial charge on any atom is 0.143 e. The van der Waals surface area contributed by atoms with Crippen molar-refractivity contribution in [1.82, 2.24) is 0 Å². The lowest BCUT2D eigenvalue weighted by Gasteiger charge is -2.16. The molecule has 2 aromatic rings. The van der Waals surface area contributed by atoms with Gasteiger partial charge in [-0.2, -0.15) is 0 Å². The standard InChI is InChI=1S/C16H13Br2F3/c17-9-11(6-10-2-1-3-12(19)7-10)8-13-15(20)5-4-14(18)16(13)21/h1-5,7,11H,6,8-9H2. The van der Waals surface area contributed by atoms with E-state index < -0.39 is 11.6 Å². The second-order valence-corrected chi connectivity index (χ2v) is 6.38. The molecule has 21 heavy (non-hydrogen) atoms. The molecule has 0 N–H and O–H groups in total. The highest BCUT2D eigenvalue weighted by Crippen LogP contribution is 2.26. The van der Waals surface area contributed by atoms with Crippen LogP contribution in [0.1, 0.15) is 11.1 Å². The molecule has 0 radical (unpaired) electrons. The molecular formula is C16H13Br2F3. The van der Waals surface area contributed by atoms with Gasteiger partial charge in [-0.1, -0.05) is 28.1 Å². The van der Waals surface area contributed by atoms with Crippen LogP contribution in [0.2, 0.25) is 0 Å².